The second-order valence-electron chi connectivity index (χ2n) is 6.63. The third-order valence-corrected chi connectivity index (χ3v) is 5.55. The van der Waals surface area contributed by atoms with Crippen LogP contribution in [-0.2, 0) is 6.54 Å². The smallest absolute Gasteiger partial charge is 0.253 e. The number of amides is 1. The van der Waals surface area contributed by atoms with Crippen LogP contribution in [0.15, 0.2) is 60.6 Å². The van der Waals surface area contributed by atoms with E-state index < -0.39 is 0 Å². The number of hydrogen-bond acceptors (Lipinski definition) is 5. The molecule has 1 amide bonds. The van der Waals surface area contributed by atoms with Gasteiger partial charge in [0.25, 0.3) is 5.91 Å². The third kappa shape index (κ3) is 3.94. The average Bonchev–Trinajstić information content (AvgIpc) is 3.38. The normalized spacial score (nSPS) is 12.2. The van der Waals surface area contributed by atoms with Crippen molar-refractivity contribution in [2.45, 2.75) is 32.4 Å². The summed E-state index contributed by atoms with van der Waals surface area (Å²) in [5, 5.41) is 5.17. The van der Waals surface area contributed by atoms with Crippen LogP contribution in [0.1, 0.15) is 46.6 Å². The molecule has 1 N–H and O–H groups in total. The summed E-state index contributed by atoms with van der Waals surface area (Å²) in [5.74, 6) is -0.122. The molecule has 0 aliphatic carbocycles. The molecule has 7 heteroatoms. The summed E-state index contributed by atoms with van der Waals surface area (Å²) < 4.78 is 1.96. The molecule has 4 aromatic heterocycles. The van der Waals surface area contributed by atoms with Gasteiger partial charge in [-0.1, -0.05) is 25.5 Å². The molecule has 0 bridgehead atoms. The highest BCUT2D eigenvalue weighted by atomic mass is 32.1. The van der Waals surface area contributed by atoms with E-state index in [2.05, 4.69) is 33.3 Å². The molecule has 0 aromatic carbocycles. The van der Waals surface area contributed by atoms with Gasteiger partial charge in [-0.3, -0.25) is 9.78 Å². The van der Waals surface area contributed by atoms with Crippen LogP contribution in [0, 0.1) is 0 Å². The SMILES string of the molecule is CCCC(NC(=O)c1cnc2c(c1)ncn2Cc1cccnc1)c1cccs1. The number of pyridine rings is 2. The second kappa shape index (κ2) is 8.31. The number of thiophene rings is 1. The molecule has 28 heavy (non-hydrogen) atoms. The second-order valence-corrected chi connectivity index (χ2v) is 7.61. The first-order valence-corrected chi connectivity index (χ1v) is 10.2. The minimum Gasteiger partial charge on any atom is -0.344 e. The third-order valence-electron chi connectivity index (χ3n) is 4.56. The Bertz CT molecular complexity index is 1060. The molecular formula is C21H21N5OS. The molecule has 0 fully saturated rings. The zero-order valence-corrected chi connectivity index (χ0v) is 16.4. The van der Waals surface area contributed by atoms with E-state index in [9.17, 15) is 4.79 Å². The minimum atomic E-state index is -0.122. The van der Waals surface area contributed by atoms with Crippen molar-refractivity contribution >= 4 is 28.4 Å². The molecule has 0 radical (unpaired) electrons. The fourth-order valence-electron chi connectivity index (χ4n) is 3.18. The highest BCUT2D eigenvalue weighted by Crippen LogP contribution is 2.24. The van der Waals surface area contributed by atoms with Crippen molar-refractivity contribution < 1.29 is 4.79 Å². The predicted molar refractivity (Wildman–Crippen MR) is 110 cm³/mol. The number of hydrogen-bond donors (Lipinski definition) is 1. The highest BCUT2D eigenvalue weighted by molar-refractivity contribution is 7.10. The highest BCUT2D eigenvalue weighted by Gasteiger charge is 2.17. The van der Waals surface area contributed by atoms with E-state index in [0.29, 0.717) is 17.6 Å². The molecule has 0 spiro atoms. The van der Waals surface area contributed by atoms with Crippen LogP contribution in [-0.4, -0.2) is 25.4 Å². The minimum absolute atomic E-state index is 0.0244. The van der Waals surface area contributed by atoms with Gasteiger partial charge >= 0.3 is 0 Å². The molecule has 142 valence electrons. The van der Waals surface area contributed by atoms with Gasteiger partial charge in [-0.25, -0.2) is 9.97 Å². The Balaban J connectivity index is 1.53. The average molecular weight is 392 g/mol. The Morgan fingerprint density at radius 2 is 2.18 bits per heavy atom. The summed E-state index contributed by atoms with van der Waals surface area (Å²) in [7, 11) is 0. The Hall–Kier alpha value is -3.06. The van der Waals surface area contributed by atoms with Gasteiger partial charge in [0.05, 0.1) is 24.5 Å². The van der Waals surface area contributed by atoms with Gasteiger partial charge in [-0.05, 0) is 35.6 Å². The van der Waals surface area contributed by atoms with Crippen molar-refractivity contribution in [3.05, 3.63) is 76.6 Å². The van der Waals surface area contributed by atoms with Crippen molar-refractivity contribution in [1.29, 1.82) is 0 Å². The van der Waals surface area contributed by atoms with Gasteiger partial charge in [-0.2, -0.15) is 0 Å². The lowest BCUT2D eigenvalue weighted by molar-refractivity contribution is 0.0935. The van der Waals surface area contributed by atoms with E-state index >= 15 is 0 Å². The van der Waals surface area contributed by atoms with Crippen molar-refractivity contribution in [2.75, 3.05) is 0 Å². The molecule has 6 nitrogen and oxygen atoms in total. The fourth-order valence-corrected chi connectivity index (χ4v) is 3.99. The van der Waals surface area contributed by atoms with E-state index in [4.69, 9.17) is 0 Å². The van der Waals surface area contributed by atoms with E-state index in [-0.39, 0.29) is 11.9 Å². The zero-order valence-electron chi connectivity index (χ0n) is 15.6. The number of nitrogens with one attached hydrogen (secondary N) is 1. The molecule has 1 unspecified atom stereocenters. The Morgan fingerprint density at radius 3 is 2.93 bits per heavy atom. The van der Waals surface area contributed by atoms with Gasteiger partial charge in [0.1, 0.15) is 5.52 Å². The lowest BCUT2D eigenvalue weighted by Crippen LogP contribution is -2.28. The van der Waals surface area contributed by atoms with E-state index in [1.165, 1.54) is 4.88 Å². The summed E-state index contributed by atoms with van der Waals surface area (Å²) in [6.07, 6.45) is 8.85. The maximum Gasteiger partial charge on any atom is 0.253 e. The summed E-state index contributed by atoms with van der Waals surface area (Å²) >= 11 is 1.66. The topological polar surface area (TPSA) is 72.7 Å². The lowest BCUT2D eigenvalue weighted by Gasteiger charge is -2.16. The first kappa shape index (κ1) is 18.3. The van der Waals surface area contributed by atoms with Gasteiger partial charge in [0.15, 0.2) is 5.65 Å². The van der Waals surface area contributed by atoms with Crippen LogP contribution in [0.5, 0.6) is 0 Å². The molecule has 0 aliphatic heterocycles. The molecule has 0 aliphatic rings. The van der Waals surface area contributed by atoms with E-state index in [1.54, 1.807) is 36.1 Å². The number of carbonyl (C=O) groups is 1. The largest absolute Gasteiger partial charge is 0.344 e. The Labute approximate surface area is 167 Å². The Kier molecular flexibility index (Phi) is 5.43. The van der Waals surface area contributed by atoms with Crippen LogP contribution in [0.4, 0.5) is 0 Å². The van der Waals surface area contributed by atoms with Crippen LogP contribution < -0.4 is 5.32 Å². The first-order chi connectivity index (χ1) is 13.7. The summed E-state index contributed by atoms with van der Waals surface area (Å²) in [6.45, 7) is 2.76. The summed E-state index contributed by atoms with van der Waals surface area (Å²) in [5.41, 5.74) is 3.06. The summed E-state index contributed by atoms with van der Waals surface area (Å²) in [6, 6.07) is 9.82. The predicted octanol–water partition coefficient (Wildman–Crippen LogP) is 4.21. The quantitative estimate of drug-likeness (QED) is 0.512. The number of nitrogens with zero attached hydrogens (tertiary/aromatic N) is 4. The molecule has 1 atom stereocenters. The monoisotopic (exact) mass is 391 g/mol. The van der Waals surface area contributed by atoms with Crippen LogP contribution in [0.3, 0.4) is 0 Å². The van der Waals surface area contributed by atoms with Crippen LogP contribution in [0.2, 0.25) is 0 Å². The van der Waals surface area contributed by atoms with Crippen LogP contribution in [0.25, 0.3) is 11.2 Å². The lowest BCUT2D eigenvalue weighted by atomic mass is 10.1. The van der Waals surface area contributed by atoms with Gasteiger partial charge in [-0.15, -0.1) is 11.3 Å². The van der Waals surface area contributed by atoms with Crippen molar-refractivity contribution in [3.63, 3.8) is 0 Å². The molecule has 4 rings (SSSR count). The molecular weight excluding hydrogens is 370 g/mol. The standard InChI is InChI=1S/C21H21N5OS/c1-2-5-17(19-7-4-9-28-19)25-21(27)16-10-18-20(23-12-16)26(14-24-18)13-15-6-3-8-22-11-15/h3-4,6-12,14,17H,2,5,13H2,1H3,(H,25,27). The number of carbonyl (C=O) groups excluding carboxylic acids is 1. The van der Waals surface area contributed by atoms with Gasteiger partial charge < -0.3 is 9.88 Å². The zero-order chi connectivity index (χ0) is 19.3. The van der Waals surface area contributed by atoms with Gasteiger partial charge in [0.2, 0.25) is 0 Å². The molecule has 0 saturated heterocycles. The van der Waals surface area contributed by atoms with Crippen molar-refractivity contribution in [1.82, 2.24) is 24.8 Å². The van der Waals surface area contributed by atoms with Crippen LogP contribution >= 0.6 is 11.3 Å². The maximum absolute atomic E-state index is 12.8. The number of imidazole rings is 1. The molecule has 4 heterocycles. The van der Waals surface area contributed by atoms with Gasteiger partial charge in [0, 0.05) is 23.5 Å². The van der Waals surface area contributed by atoms with Crippen molar-refractivity contribution in [3.8, 4) is 0 Å². The first-order valence-electron chi connectivity index (χ1n) is 9.28. The maximum atomic E-state index is 12.8. The molecule has 0 saturated carbocycles. The number of rotatable bonds is 7. The molecule has 4 aromatic rings. The number of aromatic nitrogens is 4. The fraction of sp³-hybridized carbons (Fsp3) is 0.238. The van der Waals surface area contributed by atoms with E-state index in [0.717, 1.165) is 24.1 Å². The summed E-state index contributed by atoms with van der Waals surface area (Å²) in [4.78, 5) is 27.0. The number of fused-ring (bicyclic) bond motifs is 1. The van der Waals surface area contributed by atoms with E-state index in [1.807, 2.05) is 34.3 Å². The van der Waals surface area contributed by atoms with Crippen molar-refractivity contribution in [2.24, 2.45) is 0 Å². The Morgan fingerprint density at radius 1 is 1.25 bits per heavy atom.